The molecule has 0 unspecified atom stereocenters. The normalized spacial score (nSPS) is 12.9. The van der Waals surface area contributed by atoms with Crippen LogP contribution in [0.2, 0.25) is 0 Å². The predicted molar refractivity (Wildman–Crippen MR) is 72.7 cm³/mol. The summed E-state index contributed by atoms with van der Waals surface area (Å²) in [5, 5.41) is 0. The zero-order chi connectivity index (χ0) is 13.4. The summed E-state index contributed by atoms with van der Waals surface area (Å²) in [6.07, 6.45) is 6.28. The summed E-state index contributed by atoms with van der Waals surface area (Å²) in [5.74, 6) is 0.795. The van der Waals surface area contributed by atoms with Crippen molar-refractivity contribution in [2.24, 2.45) is 0 Å². The first-order valence-corrected chi connectivity index (χ1v) is 6.37. The summed E-state index contributed by atoms with van der Waals surface area (Å²) in [6.45, 7) is 11.0. The lowest BCUT2D eigenvalue weighted by Gasteiger charge is -2.24. The molecule has 2 rings (SSSR count). The molecule has 0 bridgehead atoms. The van der Waals surface area contributed by atoms with Crippen LogP contribution in [0.1, 0.15) is 51.8 Å². The van der Waals surface area contributed by atoms with Crippen molar-refractivity contribution in [3.05, 3.63) is 41.9 Å². The van der Waals surface area contributed by atoms with E-state index in [2.05, 4.69) is 50.7 Å². The van der Waals surface area contributed by atoms with Gasteiger partial charge in [-0.15, -0.1) is 0 Å². The highest BCUT2D eigenvalue weighted by molar-refractivity contribution is 5.29. The molecule has 0 fully saturated rings. The number of H-pyrrole nitrogens is 1. The van der Waals surface area contributed by atoms with Crippen molar-refractivity contribution in [2.45, 2.75) is 51.9 Å². The summed E-state index contributed by atoms with van der Waals surface area (Å²) in [6, 6.07) is 2.16. The average Bonchev–Trinajstić information content (AvgIpc) is 2.83. The average molecular weight is 246 g/mol. The van der Waals surface area contributed by atoms with Gasteiger partial charge in [-0.3, -0.25) is 0 Å². The Labute approximate surface area is 109 Å². The van der Waals surface area contributed by atoms with E-state index in [1.54, 1.807) is 12.5 Å². The minimum atomic E-state index is -0.0916. The van der Waals surface area contributed by atoms with Crippen LogP contribution >= 0.6 is 0 Å². The first-order valence-electron chi connectivity index (χ1n) is 6.37. The van der Waals surface area contributed by atoms with Crippen molar-refractivity contribution in [1.82, 2.24) is 9.97 Å². The predicted octanol–water partition coefficient (Wildman–Crippen LogP) is 3.82. The number of nitrogens with one attached hydrogen (secondary N) is 1. The smallest absolute Gasteiger partial charge is 0.199 e. The van der Waals surface area contributed by atoms with Crippen molar-refractivity contribution in [3.63, 3.8) is 0 Å². The molecule has 0 aromatic carbocycles. The number of aromatic amines is 1. The molecule has 2 aromatic heterocycles. The van der Waals surface area contributed by atoms with Crippen molar-refractivity contribution < 1.29 is 4.42 Å². The standard InChI is InChI=1S/C15H22N2O/c1-14(2,3)12-11(6-7-16-12)10-15(4,5)13-17-8-9-18-13/h6-9,16H,10H2,1-5H3. The molecule has 0 saturated carbocycles. The summed E-state index contributed by atoms with van der Waals surface area (Å²) >= 11 is 0. The number of hydrogen-bond acceptors (Lipinski definition) is 2. The zero-order valence-corrected chi connectivity index (χ0v) is 11.9. The third-order valence-electron chi connectivity index (χ3n) is 3.23. The molecule has 3 heteroatoms. The number of aromatic nitrogens is 2. The minimum absolute atomic E-state index is 0.0916. The largest absolute Gasteiger partial charge is 0.448 e. The molecule has 0 saturated heterocycles. The molecule has 0 radical (unpaired) electrons. The molecule has 3 nitrogen and oxygen atoms in total. The van der Waals surface area contributed by atoms with Crippen molar-refractivity contribution >= 4 is 0 Å². The number of hydrogen-bond donors (Lipinski definition) is 1. The SMILES string of the molecule is CC(C)(C)c1[nH]ccc1CC(C)(C)c1ncco1. The van der Waals surface area contributed by atoms with Crippen LogP contribution in [-0.2, 0) is 17.3 Å². The van der Waals surface area contributed by atoms with E-state index in [1.807, 2.05) is 6.20 Å². The molecule has 0 aliphatic heterocycles. The van der Waals surface area contributed by atoms with Crippen molar-refractivity contribution in [3.8, 4) is 0 Å². The van der Waals surface area contributed by atoms with E-state index in [0.29, 0.717) is 0 Å². The van der Waals surface area contributed by atoms with Gasteiger partial charge in [0.1, 0.15) is 6.26 Å². The third kappa shape index (κ3) is 2.50. The highest BCUT2D eigenvalue weighted by Crippen LogP contribution is 2.31. The van der Waals surface area contributed by atoms with Gasteiger partial charge in [-0.2, -0.15) is 0 Å². The Kier molecular flexibility index (Phi) is 3.09. The van der Waals surface area contributed by atoms with Crippen LogP contribution in [0.4, 0.5) is 0 Å². The van der Waals surface area contributed by atoms with Crippen LogP contribution in [0.15, 0.2) is 29.1 Å². The van der Waals surface area contributed by atoms with Gasteiger partial charge in [0.15, 0.2) is 5.89 Å². The van der Waals surface area contributed by atoms with Gasteiger partial charge in [-0.1, -0.05) is 34.6 Å². The number of oxazole rings is 1. The first kappa shape index (κ1) is 12.9. The lowest BCUT2D eigenvalue weighted by atomic mass is 9.81. The molecule has 0 spiro atoms. The van der Waals surface area contributed by atoms with Crippen LogP contribution in [0.5, 0.6) is 0 Å². The summed E-state index contributed by atoms with van der Waals surface area (Å²) in [7, 11) is 0. The van der Waals surface area contributed by atoms with E-state index in [0.717, 1.165) is 12.3 Å². The van der Waals surface area contributed by atoms with Gasteiger partial charge >= 0.3 is 0 Å². The molecule has 98 valence electrons. The first-order chi connectivity index (χ1) is 8.31. The molecular weight excluding hydrogens is 224 g/mol. The van der Waals surface area contributed by atoms with Crippen LogP contribution in [0.25, 0.3) is 0 Å². The fourth-order valence-corrected chi connectivity index (χ4v) is 2.36. The molecule has 0 amide bonds. The van der Waals surface area contributed by atoms with E-state index in [1.165, 1.54) is 11.3 Å². The Balaban J connectivity index is 2.28. The quantitative estimate of drug-likeness (QED) is 0.894. The zero-order valence-electron chi connectivity index (χ0n) is 11.9. The topological polar surface area (TPSA) is 41.8 Å². The third-order valence-corrected chi connectivity index (χ3v) is 3.23. The van der Waals surface area contributed by atoms with Gasteiger partial charge in [-0.25, -0.2) is 4.98 Å². The number of nitrogens with zero attached hydrogens (tertiary/aromatic N) is 1. The van der Waals surface area contributed by atoms with Crippen LogP contribution < -0.4 is 0 Å². The summed E-state index contributed by atoms with van der Waals surface area (Å²) in [5.41, 5.74) is 2.67. The van der Waals surface area contributed by atoms with Gasteiger partial charge in [0.25, 0.3) is 0 Å². The van der Waals surface area contributed by atoms with Crippen molar-refractivity contribution in [2.75, 3.05) is 0 Å². The van der Waals surface area contributed by atoms with E-state index < -0.39 is 0 Å². The Morgan fingerprint density at radius 1 is 1.22 bits per heavy atom. The maximum absolute atomic E-state index is 5.45. The van der Waals surface area contributed by atoms with Gasteiger partial charge in [-0.05, 0) is 18.1 Å². The second-order valence-corrected chi connectivity index (χ2v) is 6.53. The van der Waals surface area contributed by atoms with Crippen LogP contribution in [-0.4, -0.2) is 9.97 Å². The second-order valence-electron chi connectivity index (χ2n) is 6.53. The van der Waals surface area contributed by atoms with Gasteiger partial charge in [0, 0.05) is 22.7 Å². The van der Waals surface area contributed by atoms with Gasteiger partial charge < -0.3 is 9.40 Å². The summed E-state index contributed by atoms with van der Waals surface area (Å²) in [4.78, 5) is 7.65. The van der Waals surface area contributed by atoms with Crippen molar-refractivity contribution in [1.29, 1.82) is 0 Å². The van der Waals surface area contributed by atoms with E-state index in [4.69, 9.17) is 4.42 Å². The van der Waals surface area contributed by atoms with E-state index in [9.17, 15) is 0 Å². The molecule has 18 heavy (non-hydrogen) atoms. The molecule has 0 aliphatic carbocycles. The molecule has 0 aliphatic rings. The maximum atomic E-state index is 5.45. The van der Waals surface area contributed by atoms with E-state index in [-0.39, 0.29) is 10.8 Å². The van der Waals surface area contributed by atoms with Crippen LogP contribution in [0.3, 0.4) is 0 Å². The Morgan fingerprint density at radius 3 is 2.50 bits per heavy atom. The molecule has 0 atom stereocenters. The summed E-state index contributed by atoms with van der Waals surface area (Å²) < 4.78 is 5.45. The van der Waals surface area contributed by atoms with Crippen LogP contribution in [0, 0.1) is 0 Å². The molecule has 2 aromatic rings. The van der Waals surface area contributed by atoms with Gasteiger partial charge in [0.05, 0.1) is 6.20 Å². The lowest BCUT2D eigenvalue weighted by Crippen LogP contribution is -2.23. The maximum Gasteiger partial charge on any atom is 0.199 e. The van der Waals surface area contributed by atoms with Gasteiger partial charge in [0.2, 0.25) is 0 Å². The fraction of sp³-hybridized carbons (Fsp3) is 0.533. The lowest BCUT2D eigenvalue weighted by molar-refractivity contribution is 0.364. The fourth-order valence-electron chi connectivity index (χ4n) is 2.36. The highest BCUT2D eigenvalue weighted by Gasteiger charge is 2.29. The Bertz CT molecular complexity index is 501. The molecular formula is C15H22N2O. The minimum Gasteiger partial charge on any atom is -0.448 e. The molecule has 2 heterocycles. The molecule has 1 N–H and O–H groups in total. The second kappa shape index (κ2) is 4.30. The highest BCUT2D eigenvalue weighted by atomic mass is 16.3. The Morgan fingerprint density at radius 2 is 1.94 bits per heavy atom. The number of rotatable bonds is 3. The monoisotopic (exact) mass is 246 g/mol. The Hall–Kier alpha value is -1.51. The van der Waals surface area contributed by atoms with E-state index >= 15 is 0 Å².